The molecule has 1 N–H and O–H groups in total. The molecule has 0 saturated heterocycles. The quantitative estimate of drug-likeness (QED) is 0.349. The van der Waals surface area contributed by atoms with Gasteiger partial charge in [-0.05, 0) is 36.6 Å². The van der Waals surface area contributed by atoms with Crippen molar-refractivity contribution in [2.24, 2.45) is 0 Å². The minimum atomic E-state index is -4.08. The molecular weight excluding hydrogens is 543 g/mol. The van der Waals surface area contributed by atoms with Crippen LogP contribution in [0.1, 0.15) is 36.8 Å². The molecule has 0 unspecified atom stereocenters. The topological polar surface area (TPSA) is 90.0 Å². The summed E-state index contributed by atoms with van der Waals surface area (Å²) in [5, 5.41) is 3.10. The minimum Gasteiger partial charge on any atom is -0.352 e. The number of amides is 2. The molecule has 1 aliphatic carbocycles. The third-order valence-electron chi connectivity index (χ3n) is 7.33. The molecule has 0 aliphatic heterocycles. The van der Waals surface area contributed by atoms with E-state index in [2.05, 4.69) is 5.32 Å². The van der Waals surface area contributed by atoms with Gasteiger partial charge in [0.05, 0.1) is 5.69 Å². The Balaban J connectivity index is 1.75. The lowest BCUT2D eigenvalue weighted by Crippen LogP contribution is -2.55. The normalized spacial score (nSPS) is 14.5. The number of hydrogen-bond donors (Lipinski definition) is 1. The Hall–Kier alpha value is -3.76. The summed E-state index contributed by atoms with van der Waals surface area (Å²) in [6.07, 6.45) is 3.92. The van der Waals surface area contributed by atoms with Gasteiger partial charge in [0, 0.05) is 38.7 Å². The molecule has 0 spiro atoms. The van der Waals surface area contributed by atoms with Crippen molar-refractivity contribution in [2.75, 3.05) is 24.9 Å². The molecule has 218 valence electrons. The first-order chi connectivity index (χ1) is 19.7. The van der Waals surface area contributed by atoms with Crippen LogP contribution in [0, 0.1) is 5.82 Å². The third-order valence-corrected chi connectivity index (χ3v) is 9.15. The molecule has 41 heavy (non-hydrogen) atoms. The average molecular weight is 581 g/mol. The summed E-state index contributed by atoms with van der Waals surface area (Å²) >= 11 is 0. The lowest BCUT2D eigenvalue weighted by Gasteiger charge is -2.35. The number of carbonyl (C=O) groups excluding carboxylic acids is 2. The molecule has 8 nitrogen and oxygen atoms in total. The third kappa shape index (κ3) is 7.71. The van der Waals surface area contributed by atoms with Gasteiger partial charge >= 0.3 is 10.2 Å². The second-order valence-electron chi connectivity index (χ2n) is 10.4. The van der Waals surface area contributed by atoms with Crippen LogP contribution < -0.4 is 9.62 Å². The van der Waals surface area contributed by atoms with Crippen LogP contribution in [0.4, 0.5) is 10.1 Å². The molecule has 4 rings (SSSR count). The van der Waals surface area contributed by atoms with Gasteiger partial charge in [0.15, 0.2) is 0 Å². The maximum atomic E-state index is 14.9. The molecule has 1 saturated carbocycles. The highest BCUT2D eigenvalue weighted by molar-refractivity contribution is 7.90. The highest BCUT2D eigenvalue weighted by atomic mass is 32.2. The number of para-hydroxylation sites is 1. The predicted octanol–water partition coefficient (Wildman–Crippen LogP) is 4.14. The van der Waals surface area contributed by atoms with Crippen molar-refractivity contribution in [3.63, 3.8) is 0 Å². The van der Waals surface area contributed by atoms with E-state index in [1.54, 1.807) is 48.5 Å². The van der Waals surface area contributed by atoms with Gasteiger partial charge in [-0.25, -0.2) is 8.70 Å². The van der Waals surface area contributed by atoms with Crippen molar-refractivity contribution in [3.8, 4) is 0 Å². The van der Waals surface area contributed by atoms with E-state index in [9.17, 15) is 22.4 Å². The van der Waals surface area contributed by atoms with Crippen molar-refractivity contribution in [1.82, 2.24) is 14.5 Å². The highest BCUT2D eigenvalue weighted by Crippen LogP contribution is 2.23. The smallest absolute Gasteiger partial charge is 0.304 e. The van der Waals surface area contributed by atoms with Gasteiger partial charge in [0.2, 0.25) is 11.8 Å². The Morgan fingerprint density at radius 2 is 1.49 bits per heavy atom. The van der Waals surface area contributed by atoms with Gasteiger partial charge in [0.1, 0.15) is 18.4 Å². The van der Waals surface area contributed by atoms with Gasteiger partial charge in [0.25, 0.3) is 0 Å². The van der Waals surface area contributed by atoms with Crippen molar-refractivity contribution in [2.45, 2.75) is 50.7 Å². The number of anilines is 1. The number of halogens is 1. The number of hydrogen-bond acceptors (Lipinski definition) is 4. The van der Waals surface area contributed by atoms with Crippen molar-refractivity contribution in [3.05, 3.63) is 102 Å². The van der Waals surface area contributed by atoms with Crippen LogP contribution in [-0.4, -0.2) is 62.2 Å². The Morgan fingerprint density at radius 3 is 2.10 bits per heavy atom. The monoisotopic (exact) mass is 580 g/mol. The Morgan fingerprint density at radius 1 is 0.902 bits per heavy atom. The number of nitrogens with one attached hydrogen (secondary N) is 1. The van der Waals surface area contributed by atoms with Gasteiger partial charge < -0.3 is 10.2 Å². The molecule has 3 aromatic carbocycles. The van der Waals surface area contributed by atoms with Crippen molar-refractivity contribution in [1.29, 1.82) is 0 Å². The van der Waals surface area contributed by atoms with E-state index >= 15 is 0 Å². The number of benzene rings is 3. The van der Waals surface area contributed by atoms with Crippen molar-refractivity contribution < 1.29 is 22.4 Å². The standard InChI is InChI=1S/C31H37FN4O4S/c1-34(2)41(39,40)36(27-18-7-4-8-19-27)23-30(37)35(22-25-15-9-12-20-28(25)32)29(21-24-13-5-3-6-14-24)31(38)33-26-16-10-11-17-26/h3-9,12-15,18-20,26,29H,10-11,16-17,21-23H2,1-2H3,(H,33,38)/t29-/m0/s1. The Kier molecular flexibility index (Phi) is 10.1. The van der Waals surface area contributed by atoms with Crippen LogP contribution in [0.25, 0.3) is 0 Å². The first-order valence-corrected chi connectivity index (χ1v) is 15.2. The summed E-state index contributed by atoms with van der Waals surface area (Å²) in [6, 6.07) is 22.7. The fourth-order valence-corrected chi connectivity index (χ4v) is 6.10. The number of rotatable bonds is 12. The Labute approximate surface area is 241 Å². The lowest BCUT2D eigenvalue weighted by atomic mass is 10.0. The molecular formula is C31H37FN4O4S. The van der Waals surface area contributed by atoms with E-state index in [1.165, 1.54) is 25.1 Å². The molecule has 1 aliphatic rings. The highest BCUT2D eigenvalue weighted by Gasteiger charge is 2.35. The van der Waals surface area contributed by atoms with Gasteiger partial charge in [-0.1, -0.05) is 79.6 Å². The summed E-state index contributed by atoms with van der Waals surface area (Å²) in [5.74, 6) is -1.47. The van der Waals surface area contributed by atoms with Crippen LogP contribution in [0.5, 0.6) is 0 Å². The second kappa shape index (κ2) is 13.7. The van der Waals surface area contributed by atoms with E-state index in [4.69, 9.17) is 0 Å². The van der Waals surface area contributed by atoms with Crippen LogP contribution in [0.3, 0.4) is 0 Å². The SMILES string of the molecule is CN(C)S(=O)(=O)N(CC(=O)N(Cc1ccccc1F)[C@@H](Cc1ccccc1)C(=O)NC1CCCC1)c1ccccc1. The zero-order valence-corrected chi connectivity index (χ0v) is 24.3. The number of nitrogens with zero attached hydrogens (tertiary/aromatic N) is 3. The van der Waals surface area contributed by atoms with E-state index < -0.39 is 34.5 Å². The molecule has 0 radical (unpaired) electrons. The van der Waals surface area contributed by atoms with E-state index in [-0.39, 0.29) is 30.5 Å². The van der Waals surface area contributed by atoms with E-state index in [0.717, 1.165) is 39.9 Å². The van der Waals surface area contributed by atoms with E-state index in [0.29, 0.717) is 5.69 Å². The van der Waals surface area contributed by atoms with Crippen LogP contribution >= 0.6 is 0 Å². The zero-order chi connectivity index (χ0) is 29.4. The molecule has 1 atom stereocenters. The molecule has 3 aromatic rings. The fraction of sp³-hybridized carbons (Fsp3) is 0.355. The van der Waals surface area contributed by atoms with Crippen LogP contribution in [-0.2, 0) is 32.8 Å². The van der Waals surface area contributed by atoms with Crippen LogP contribution in [0.2, 0.25) is 0 Å². The second-order valence-corrected chi connectivity index (χ2v) is 12.5. The first-order valence-electron chi connectivity index (χ1n) is 13.8. The summed E-state index contributed by atoms with van der Waals surface area (Å²) < 4.78 is 43.7. The molecule has 0 heterocycles. The summed E-state index contributed by atoms with van der Waals surface area (Å²) in [6.45, 7) is -0.771. The summed E-state index contributed by atoms with van der Waals surface area (Å²) in [7, 11) is -1.30. The van der Waals surface area contributed by atoms with Gasteiger partial charge in [-0.2, -0.15) is 12.7 Å². The Bertz CT molecular complexity index is 1410. The van der Waals surface area contributed by atoms with E-state index in [1.807, 2.05) is 30.3 Å². The molecule has 10 heteroatoms. The molecule has 1 fully saturated rings. The first kappa shape index (κ1) is 30.2. The predicted molar refractivity (Wildman–Crippen MR) is 158 cm³/mol. The zero-order valence-electron chi connectivity index (χ0n) is 23.4. The largest absolute Gasteiger partial charge is 0.352 e. The van der Waals surface area contributed by atoms with Gasteiger partial charge in [-0.15, -0.1) is 0 Å². The maximum absolute atomic E-state index is 14.9. The summed E-state index contributed by atoms with van der Waals surface area (Å²) in [4.78, 5) is 29.3. The van der Waals surface area contributed by atoms with Gasteiger partial charge in [-0.3, -0.25) is 9.59 Å². The lowest BCUT2D eigenvalue weighted by molar-refractivity contribution is -0.140. The maximum Gasteiger partial charge on any atom is 0.304 e. The van der Waals surface area contributed by atoms with Crippen molar-refractivity contribution >= 4 is 27.7 Å². The van der Waals surface area contributed by atoms with Crippen LogP contribution in [0.15, 0.2) is 84.9 Å². The molecule has 2 amide bonds. The molecule has 0 aromatic heterocycles. The number of carbonyl (C=O) groups is 2. The fourth-order valence-electron chi connectivity index (χ4n) is 5.04. The average Bonchev–Trinajstić information content (AvgIpc) is 3.48. The summed E-state index contributed by atoms with van der Waals surface area (Å²) in [5.41, 5.74) is 1.36. The molecule has 0 bridgehead atoms. The minimum absolute atomic E-state index is 0.00104.